The molecule has 1 aliphatic rings. The number of halogens is 3. The first-order valence-electron chi connectivity index (χ1n) is 8.93. The standard InChI is InChI=1S/C21H24F3NO3/c1-19(13-25(2)14-19)20(26,17-6-4-5-15(11-17)12-27-3)16-7-9-18(10-8-16)28-21(22,23)24/h4-11,26H,12-14H2,1-3H3. The van der Waals surface area contributed by atoms with E-state index in [0.717, 1.165) is 5.56 Å². The summed E-state index contributed by atoms with van der Waals surface area (Å²) in [5, 5.41) is 11.9. The molecule has 0 amide bonds. The number of benzene rings is 2. The van der Waals surface area contributed by atoms with Gasteiger partial charge in [-0.1, -0.05) is 43.3 Å². The normalized spacial score (nSPS) is 19.0. The zero-order chi connectivity index (χ0) is 20.6. The van der Waals surface area contributed by atoms with Gasteiger partial charge in [-0.2, -0.15) is 0 Å². The topological polar surface area (TPSA) is 41.9 Å². The van der Waals surface area contributed by atoms with Gasteiger partial charge in [0.05, 0.1) is 6.61 Å². The van der Waals surface area contributed by atoms with Gasteiger partial charge in [0, 0.05) is 25.6 Å². The van der Waals surface area contributed by atoms with Crippen LogP contribution in [0.15, 0.2) is 48.5 Å². The predicted molar refractivity (Wildman–Crippen MR) is 98.9 cm³/mol. The van der Waals surface area contributed by atoms with E-state index in [1.54, 1.807) is 7.11 Å². The smallest absolute Gasteiger partial charge is 0.406 e. The van der Waals surface area contributed by atoms with Crippen molar-refractivity contribution in [1.29, 1.82) is 0 Å². The van der Waals surface area contributed by atoms with E-state index in [4.69, 9.17) is 4.74 Å². The minimum atomic E-state index is -4.75. The van der Waals surface area contributed by atoms with Crippen molar-refractivity contribution in [3.8, 4) is 5.75 Å². The van der Waals surface area contributed by atoms with E-state index in [2.05, 4.69) is 9.64 Å². The number of ether oxygens (including phenoxy) is 2. The van der Waals surface area contributed by atoms with Gasteiger partial charge in [-0.05, 0) is 35.9 Å². The van der Waals surface area contributed by atoms with Crippen LogP contribution < -0.4 is 4.74 Å². The molecule has 1 aliphatic heterocycles. The first-order valence-corrected chi connectivity index (χ1v) is 8.93. The summed E-state index contributed by atoms with van der Waals surface area (Å²) in [5.74, 6) is -0.317. The Labute approximate surface area is 162 Å². The lowest BCUT2D eigenvalue weighted by Crippen LogP contribution is -2.63. The molecule has 152 valence electrons. The van der Waals surface area contributed by atoms with E-state index < -0.39 is 17.4 Å². The molecular weight excluding hydrogens is 371 g/mol. The zero-order valence-electron chi connectivity index (χ0n) is 16.1. The summed E-state index contributed by atoms with van der Waals surface area (Å²) in [6.45, 7) is 3.69. The van der Waals surface area contributed by atoms with Gasteiger partial charge < -0.3 is 19.5 Å². The Hall–Kier alpha value is -2.09. The van der Waals surface area contributed by atoms with Crippen molar-refractivity contribution in [2.75, 3.05) is 27.2 Å². The fourth-order valence-electron chi connectivity index (χ4n) is 4.19. The number of hydrogen-bond acceptors (Lipinski definition) is 4. The first kappa shape index (κ1) is 20.6. The van der Waals surface area contributed by atoms with Crippen molar-refractivity contribution in [1.82, 2.24) is 4.90 Å². The lowest BCUT2D eigenvalue weighted by molar-refractivity contribution is -0.274. The van der Waals surface area contributed by atoms with Crippen molar-refractivity contribution < 1.29 is 27.8 Å². The molecule has 1 N–H and O–H groups in total. The third-order valence-corrected chi connectivity index (χ3v) is 5.27. The highest BCUT2D eigenvalue weighted by Gasteiger charge is 2.55. The van der Waals surface area contributed by atoms with E-state index in [1.807, 2.05) is 38.2 Å². The van der Waals surface area contributed by atoms with E-state index in [0.29, 0.717) is 30.8 Å². The minimum Gasteiger partial charge on any atom is -0.406 e. The molecule has 1 unspecified atom stereocenters. The van der Waals surface area contributed by atoms with E-state index >= 15 is 0 Å². The Morgan fingerprint density at radius 3 is 2.25 bits per heavy atom. The molecule has 0 bridgehead atoms. The van der Waals surface area contributed by atoms with Crippen molar-refractivity contribution in [2.24, 2.45) is 5.41 Å². The Bertz CT molecular complexity index is 816. The van der Waals surface area contributed by atoms with Gasteiger partial charge in [-0.15, -0.1) is 13.2 Å². The fraction of sp³-hybridized carbons (Fsp3) is 0.429. The maximum Gasteiger partial charge on any atom is 0.573 e. The number of alkyl halides is 3. The monoisotopic (exact) mass is 395 g/mol. The van der Waals surface area contributed by atoms with Crippen LogP contribution in [0.2, 0.25) is 0 Å². The largest absolute Gasteiger partial charge is 0.573 e. The fourth-order valence-corrected chi connectivity index (χ4v) is 4.19. The van der Waals surface area contributed by atoms with Gasteiger partial charge in [0.15, 0.2) is 0 Å². The molecule has 0 saturated carbocycles. The Morgan fingerprint density at radius 1 is 1.07 bits per heavy atom. The first-order chi connectivity index (χ1) is 13.1. The van der Waals surface area contributed by atoms with Crippen LogP contribution in [0.3, 0.4) is 0 Å². The third-order valence-electron chi connectivity index (χ3n) is 5.27. The average Bonchev–Trinajstić information content (AvgIpc) is 2.59. The third kappa shape index (κ3) is 3.87. The molecule has 0 aliphatic carbocycles. The number of likely N-dealkylation sites (tertiary alicyclic amines) is 1. The molecule has 0 radical (unpaired) electrons. The van der Waals surface area contributed by atoms with Crippen molar-refractivity contribution in [2.45, 2.75) is 25.5 Å². The summed E-state index contributed by atoms with van der Waals surface area (Å²) >= 11 is 0. The molecule has 1 fully saturated rings. The second-order valence-electron chi connectivity index (χ2n) is 7.65. The van der Waals surface area contributed by atoms with E-state index in [9.17, 15) is 18.3 Å². The van der Waals surface area contributed by atoms with Crippen LogP contribution in [-0.4, -0.2) is 43.6 Å². The molecule has 0 spiro atoms. The van der Waals surface area contributed by atoms with Crippen LogP contribution >= 0.6 is 0 Å². The van der Waals surface area contributed by atoms with Gasteiger partial charge in [-0.25, -0.2) is 0 Å². The van der Waals surface area contributed by atoms with Gasteiger partial charge in [0.2, 0.25) is 0 Å². The summed E-state index contributed by atoms with van der Waals surface area (Å²) in [6, 6.07) is 12.9. The number of nitrogens with zero attached hydrogens (tertiary/aromatic N) is 1. The summed E-state index contributed by atoms with van der Waals surface area (Å²) in [5.41, 5.74) is 0.237. The highest BCUT2D eigenvalue weighted by atomic mass is 19.4. The molecule has 3 rings (SSSR count). The molecule has 1 saturated heterocycles. The Morgan fingerprint density at radius 2 is 1.71 bits per heavy atom. The Kier molecular flexibility index (Phi) is 5.44. The Balaban J connectivity index is 2.04. The minimum absolute atomic E-state index is 0.317. The second kappa shape index (κ2) is 7.39. The SMILES string of the molecule is COCc1cccc(C(O)(c2ccc(OC(F)(F)F)cc2)C2(C)CN(C)C2)c1. The number of methoxy groups -OCH3 is 1. The van der Waals surface area contributed by atoms with Crippen molar-refractivity contribution in [3.63, 3.8) is 0 Å². The molecule has 1 heterocycles. The van der Waals surface area contributed by atoms with Gasteiger partial charge in [0.1, 0.15) is 11.4 Å². The molecular formula is C21H24F3NO3. The highest BCUT2D eigenvalue weighted by Crippen LogP contribution is 2.50. The molecule has 4 nitrogen and oxygen atoms in total. The maximum absolute atomic E-state index is 12.5. The summed E-state index contributed by atoms with van der Waals surface area (Å²) < 4.78 is 46.6. The van der Waals surface area contributed by atoms with Crippen LogP contribution in [0.5, 0.6) is 5.75 Å². The van der Waals surface area contributed by atoms with Gasteiger partial charge in [0.25, 0.3) is 0 Å². The highest BCUT2D eigenvalue weighted by molar-refractivity contribution is 5.43. The predicted octanol–water partition coefficient (Wildman–Crippen LogP) is 3.92. The van der Waals surface area contributed by atoms with Crippen LogP contribution in [-0.2, 0) is 16.9 Å². The number of aliphatic hydroxyl groups is 1. The van der Waals surface area contributed by atoms with Crippen molar-refractivity contribution in [3.05, 3.63) is 65.2 Å². The average molecular weight is 395 g/mol. The quantitative estimate of drug-likeness (QED) is 0.805. The van der Waals surface area contributed by atoms with E-state index in [1.165, 1.54) is 24.3 Å². The lowest BCUT2D eigenvalue weighted by atomic mass is 9.62. The molecule has 0 aromatic heterocycles. The molecule has 2 aromatic rings. The van der Waals surface area contributed by atoms with E-state index in [-0.39, 0.29) is 5.75 Å². The van der Waals surface area contributed by atoms with Gasteiger partial charge in [-0.3, -0.25) is 0 Å². The number of rotatable bonds is 6. The molecule has 7 heteroatoms. The van der Waals surface area contributed by atoms with Crippen LogP contribution in [0.4, 0.5) is 13.2 Å². The second-order valence-corrected chi connectivity index (χ2v) is 7.65. The number of hydrogen-bond donors (Lipinski definition) is 1. The molecule has 28 heavy (non-hydrogen) atoms. The van der Waals surface area contributed by atoms with Crippen LogP contribution in [0.25, 0.3) is 0 Å². The van der Waals surface area contributed by atoms with Gasteiger partial charge >= 0.3 is 6.36 Å². The maximum atomic E-state index is 12.5. The molecule has 1 atom stereocenters. The van der Waals surface area contributed by atoms with Crippen molar-refractivity contribution >= 4 is 0 Å². The zero-order valence-corrected chi connectivity index (χ0v) is 16.1. The lowest BCUT2D eigenvalue weighted by Gasteiger charge is -2.56. The summed E-state index contributed by atoms with van der Waals surface area (Å²) in [4.78, 5) is 2.09. The van der Waals surface area contributed by atoms with Crippen LogP contribution in [0.1, 0.15) is 23.6 Å². The molecule has 2 aromatic carbocycles. The summed E-state index contributed by atoms with van der Waals surface area (Å²) in [6.07, 6.45) is -4.75. The van der Waals surface area contributed by atoms with Crippen LogP contribution in [0, 0.1) is 5.41 Å². The summed E-state index contributed by atoms with van der Waals surface area (Å²) in [7, 11) is 3.56.